The van der Waals surface area contributed by atoms with Gasteiger partial charge >= 0.3 is 0 Å². The number of aromatic nitrogens is 1. The molecule has 2 aromatic rings. The standard InChI is InChI=1S/C17H21N3O3S/c1-19-10-6-9-16(19)17(21)18-14-7-5-8-15(13-14)24(22,23)20-11-3-2-4-12-20/h5-10,13H,2-4,11-12H2,1H3,(H,18,21). The van der Waals surface area contributed by atoms with Crippen LogP contribution in [0.4, 0.5) is 5.69 Å². The van der Waals surface area contributed by atoms with Crippen LogP contribution in [0.25, 0.3) is 0 Å². The molecule has 6 nitrogen and oxygen atoms in total. The van der Waals surface area contributed by atoms with Crippen LogP contribution in [-0.4, -0.2) is 36.3 Å². The Labute approximate surface area is 142 Å². The molecule has 1 aliphatic rings. The van der Waals surface area contributed by atoms with Crippen LogP contribution >= 0.6 is 0 Å². The van der Waals surface area contributed by atoms with Gasteiger partial charge in [0.25, 0.3) is 5.91 Å². The van der Waals surface area contributed by atoms with E-state index in [1.165, 1.54) is 10.4 Å². The molecule has 1 N–H and O–H groups in total. The Bertz CT molecular complexity index is 836. The lowest BCUT2D eigenvalue weighted by Gasteiger charge is -2.26. The van der Waals surface area contributed by atoms with Gasteiger partial charge in [0.15, 0.2) is 0 Å². The highest BCUT2D eigenvalue weighted by atomic mass is 32.2. The third-order valence-electron chi connectivity index (χ3n) is 4.22. The number of anilines is 1. The number of hydrogen-bond acceptors (Lipinski definition) is 3. The lowest BCUT2D eigenvalue weighted by atomic mass is 10.2. The number of aryl methyl sites for hydroxylation is 1. The number of rotatable bonds is 4. The fraction of sp³-hybridized carbons (Fsp3) is 0.353. The van der Waals surface area contributed by atoms with Crippen LogP contribution < -0.4 is 5.32 Å². The zero-order chi connectivity index (χ0) is 17.2. The van der Waals surface area contributed by atoms with Crippen molar-refractivity contribution < 1.29 is 13.2 Å². The minimum absolute atomic E-state index is 0.217. The van der Waals surface area contributed by atoms with E-state index in [4.69, 9.17) is 0 Å². The molecule has 128 valence electrons. The predicted octanol–water partition coefficient (Wildman–Crippen LogP) is 2.45. The van der Waals surface area contributed by atoms with Crippen molar-refractivity contribution in [3.8, 4) is 0 Å². The summed E-state index contributed by atoms with van der Waals surface area (Å²) in [7, 11) is -1.72. The number of sulfonamides is 1. The van der Waals surface area contributed by atoms with Crippen LogP contribution in [-0.2, 0) is 17.1 Å². The first-order valence-corrected chi connectivity index (χ1v) is 9.45. The molecule has 1 fully saturated rings. The second kappa shape index (κ2) is 6.78. The second-order valence-corrected chi connectivity index (χ2v) is 7.89. The van der Waals surface area contributed by atoms with Crippen molar-refractivity contribution in [3.63, 3.8) is 0 Å². The Morgan fingerprint density at radius 2 is 1.83 bits per heavy atom. The molecule has 3 rings (SSSR count). The molecular weight excluding hydrogens is 326 g/mol. The topological polar surface area (TPSA) is 71.4 Å². The average Bonchev–Trinajstić information content (AvgIpc) is 3.02. The summed E-state index contributed by atoms with van der Waals surface area (Å²) >= 11 is 0. The molecule has 0 spiro atoms. The van der Waals surface area contributed by atoms with Gasteiger partial charge in [-0.3, -0.25) is 4.79 Å². The molecule has 1 aliphatic heterocycles. The van der Waals surface area contributed by atoms with Gasteiger partial charge in [0.2, 0.25) is 10.0 Å². The fourth-order valence-corrected chi connectivity index (χ4v) is 4.44. The second-order valence-electron chi connectivity index (χ2n) is 5.95. The SMILES string of the molecule is Cn1cccc1C(=O)Nc1cccc(S(=O)(=O)N2CCCCC2)c1. The number of piperidine rings is 1. The first kappa shape index (κ1) is 16.7. The average molecular weight is 347 g/mol. The molecule has 7 heteroatoms. The largest absolute Gasteiger partial charge is 0.347 e. The predicted molar refractivity (Wildman–Crippen MR) is 92.4 cm³/mol. The normalized spacial score (nSPS) is 16.0. The van der Waals surface area contributed by atoms with E-state index >= 15 is 0 Å². The molecule has 1 amide bonds. The number of nitrogens with one attached hydrogen (secondary N) is 1. The minimum atomic E-state index is -3.51. The van der Waals surface area contributed by atoms with E-state index in [1.54, 1.807) is 48.1 Å². The van der Waals surface area contributed by atoms with E-state index in [9.17, 15) is 13.2 Å². The Morgan fingerprint density at radius 1 is 1.08 bits per heavy atom. The van der Waals surface area contributed by atoms with Crippen molar-refractivity contribution in [1.82, 2.24) is 8.87 Å². The minimum Gasteiger partial charge on any atom is -0.347 e. The van der Waals surface area contributed by atoms with Crippen LogP contribution in [0.2, 0.25) is 0 Å². The highest BCUT2D eigenvalue weighted by Crippen LogP contribution is 2.23. The first-order chi connectivity index (χ1) is 11.5. The van der Waals surface area contributed by atoms with Crippen molar-refractivity contribution >= 4 is 21.6 Å². The lowest BCUT2D eigenvalue weighted by Crippen LogP contribution is -2.35. The van der Waals surface area contributed by atoms with Crippen LogP contribution in [0.1, 0.15) is 29.8 Å². The van der Waals surface area contributed by atoms with Crippen molar-refractivity contribution in [1.29, 1.82) is 0 Å². The van der Waals surface area contributed by atoms with Gasteiger partial charge in [-0.25, -0.2) is 8.42 Å². The highest BCUT2D eigenvalue weighted by molar-refractivity contribution is 7.89. The van der Waals surface area contributed by atoms with Gasteiger partial charge in [0.05, 0.1) is 4.90 Å². The number of nitrogens with zero attached hydrogens (tertiary/aromatic N) is 2. The van der Waals surface area contributed by atoms with Crippen molar-refractivity contribution in [2.75, 3.05) is 18.4 Å². The third kappa shape index (κ3) is 3.37. The van der Waals surface area contributed by atoms with Crippen molar-refractivity contribution in [2.45, 2.75) is 24.2 Å². The van der Waals surface area contributed by atoms with Crippen molar-refractivity contribution in [3.05, 3.63) is 48.3 Å². The van der Waals surface area contributed by atoms with E-state index in [0.717, 1.165) is 19.3 Å². The molecule has 2 heterocycles. The molecule has 1 saturated heterocycles. The van der Waals surface area contributed by atoms with Gasteiger partial charge in [-0.05, 0) is 43.2 Å². The van der Waals surface area contributed by atoms with E-state index in [0.29, 0.717) is 24.5 Å². The summed E-state index contributed by atoms with van der Waals surface area (Å²) in [6.07, 6.45) is 4.64. The molecule has 1 aromatic carbocycles. The summed E-state index contributed by atoms with van der Waals surface area (Å²) < 4.78 is 28.7. The summed E-state index contributed by atoms with van der Waals surface area (Å²) in [5.74, 6) is -0.268. The monoisotopic (exact) mass is 347 g/mol. The fourth-order valence-electron chi connectivity index (χ4n) is 2.88. The summed E-state index contributed by atoms with van der Waals surface area (Å²) in [6.45, 7) is 1.12. The summed E-state index contributed by atoms with van der Waals surface area (Å²) in [6, 6.07) is 9.93. The maximum Gasteiger partial charge on any atom is 0.272 e. The Balaban J connectivity index is 1.81. The van der Waals surface area contributed by atoms with E-state index in [1.807, 2.05) is 0 Å². The van der Waals surface area contributed by atoms with Gasteiger partial charge in [-0.15, -0.1) is 0 Å². The Kier molecular flexibility index (Phi) is 4.73. The number of carbonyl (C=O) groups is 1. The quantitative estimate of drug-likeness (QED) is 0.923. The van der Waals surface area contributed by atoms with Crippen molar-refractivity contribution in [2.24, 2.45) is 7.05 Å². The van der Waals surface area contributed by atoms with Gasteiger partial charge in [0.1, 0.15) is 5.69 Å². The third-order valence-corrected chi connectivity index (χ3v) is 6.12. The van der Waals surface area contributed by atoms with Crippen LogP contribution in [0.15, 0.2) is 47.5 Å². The number of amides is 1. The molecule has 0 radical (unpaired) electrons. The van der Waals surface area contributed by atoms with Crippen LogP contribution in [0.5, 0.6) is 0 Å². The number of benzene rings is 1. The molecule has 0 aliphatic carbocycles. The summed E-state index contributed by atoms with van der Waals surface area (Å²) in [5.41, 5.74) is 0.985. The summed E-state index contributed by atoms with van der Waals surface area (Å²) in [4.78, 5) is 12.5. The smallest absolute Gasteiger partial charge is 0.272 e. The lowest BCUT2D eigenvalue weighted by molar-refractivity contribution is 0.101. The van der Waals surface area contributed by atoms with Crippen LogP contribution in [0.3, 0.4) is 0 Å². The van der Waals surface area contributed by atoms with E-state index < -0.39 is 10.0 Å². The molecule has 0 unspecified atom stereocenters. The van der Waals surface area contributed by atoms with Gasteiger partial charge in [-0.2, -0.15) is 4.31 Å². The molecule has 0 bridgehead atoms. The van der Waals surface area contributed by atoms with Gasteiger partial charge in [-0.1, -0.05) is 12.5 Å². The highest BCUT2D eigenvalue weighted by Gasteiger charge is 2.26. The zero-order valence-electron chi connectivity index (χ0n) is 13.6. The summed E-state index contributed by atoms with van der Waals surface area (Å²) in [5, 5.41) is 2.76. The zero-order valence-corrected chi connectivity index (χ0v) is 14.4. The molecular formula is C17H21N3O3S. The molecule has 0 atom stereocenters. The molecule has 0 saturated carbocycles. The molecule has 1 aromatic heterocycles. The van der Waals surface area contributed by atoms with Gasteiger partial charge < -0.3 is 9.88 Å². The molecule has 24 heavy (non-hydrogen) atoms. The van der Waals surface area contributed by atoms with E-state index in [-0.39, 0.29) is 10.8 Å². The maximum atomic E-state index is 12.7. The maximum absolute atomic E-state index is 12.7. The number of hydrogen-bond donors (Lipinski definition) is 1. The Hall–Kier alpha value is -2.12. The number of carbonyl (C=O) groups excluding carboxylic acids is 1. The first-order valence-electron chi connectivity index (χ1n) is 8.01. The van der Waals surface area contributed by atoms with Gasteiger partial charge in [0, 0.05) is 32.0 Å². The van der Waals surface area contributed by atoms with E-state index in [2.05, 4.69) is 5.32 Å². The Morgan fingerprint density at radius 3 is 2.50 bits per heavy atom. The van der Waals surface area contributed by atoms with Crippen LogP contribution in [0, 0.1) is 0 Å².